The van der Waals surface area contributed by atoms with Crippen LogP contribution in [0.2, 0.25) is 0 Å². The Hall–Kier alpha value is -2.93. The SMILES string of the molecule is Cc1nc(C(C)NC(=O)c2cccc(-c3ccc(C(=O)N(C)C)o3)c2)cs1. The van der Waals surface area contributed by atoms with Gasteiger partial charge < -0.3 is 14.6 Å². The lowest BCUT2D eigenvalue weighted by molar-refractivity contribution is 0.0797. The van der Waals surface area contributed by atoms with E-state index in [1.54, 1.807) is 55.8 Å². The molecule has 0 aliphatic heterocycles. The van der Waals surface area contributed by atoms with Gasteiger partial charge in [-0.1, -0.05) is 12.1 Å². The third-order valence-electron chi connectivity index (χ3n) is 4.06. The second-order valence-corrected chi connectivity index (χ2v) is 7.49. The highest BCUT2D eigenvalue weighted by Gasteiger charge is 2.16. The van der Waals surface area contributed by atoms with Crippen LogP contribution in [0.3, 0.4) is 0 Å². The van der Waals surface area contributed by atoms with E-state index in [0.29, 0.717) is 11.3 Å². The summed E-state index contributed by atoms with van der Waals surface area (Å²) in [7, 11) is 3.33. The molecule has 0 saturated carbocycles. The molecule has 3 rings (SSSR count). The van der Waals surface area contributed by atoms with Crippen molar-refractivity contribution >= 4 is 23.2 Å². The summed E-state index contributed by atoms with van der Waals surface area (Å²) in [5.74, 6) is 0.407. The predicted octanol–water partition coefficient (Wildman–Crippen LogP) is 3.90. The van der Waals surface area contributed by atoms with Gasteiger partial charge in [-0.15, -0.1) is 11.3 Å². The van der Waals surface area contributed by atoms with Gasteiger partial charge >= 0.3 is 0 Å². The first-order valence-corrected chi connectivity index (χ1v) is 9.38. The minimum absolute atomic E-state index is 0.181. The molecule has 2 amide bonds. The van der Waals surface area contributed by atoms with E-state index in [2.05, 4.69) is 10.3 Å². The number of hydrogen-bond donors (Lipinski definition) is 1. The summed E-state index contributed by atoms with van der Waals surface area (Å²) in [5, 5.41) is 5.87. The Kier molecular flexibility index (Phi) is 5.41. The number of furan rings is 1. The fourth-order valence-corrected chi connectivity index (χ4v) is 3.28. The van der Waals surface area contributed by atoms with Gasteiger partial charge in [-0.05, 0) is 38.1 Å². The molecule has 7 heteroatoms. The smallest absolute Gasteiger partial charge is 0.289 e. The molecule has 1 atom stereocenters. The monoisotopic (exact) mass is 383 g/mol. The Morgan fingerprint density at radius 1 is 1.22 bits per heavy atom. The number of carbonyl (C=O) groups is 2. The first-order valence-electron chi connectivity index (χ1n) is 8.50. The average molecular weight is 383 g/mol. The van der Waals surface area contributed by atoms with E-state index in [4.69, 9.17) is 4.42 Å². The Morgan fingerprint density at radius 3 is 2.67 bits per heavy atom. The van der Waals surface area contributed by atoms with Gasteiger partial charge in [0, 0.05) is 30.6 Å². The van der Waals surface area contributed by atoms with Crippen molar-refractivity contribution in [2.75, 3.05) is 14.1 Å². The zero-order chi connectivity index (χ0) is 19.6. The highest BCUT2D eigenvalue weighted by atomic mass is 32.1. The highest BCUT2D eigenvalue weighted by molar-refractivity contribution is 7.09. The van der Waals surface area contributed by atoms with Crippen molar-refractivity contribution in [1.29, 1.82) is 0 Å². The standard InChI is InChI=1S/C20H21N3O3S/c1-12(16-11-27-13(2)22-16)21-19(24)15-7-5-6-14(10-15)17-8-9-18(26-17)20(25)23(3)4/h5-12H,1-4H3,(H,21,24). The molecule has 2 heterocycles. The quantitative estimate of drug-likeness (QED) is 0.725. The number of nitrogens with one attached hydrogen (secondary N) is 1. The van der Waals surface area contributed by atoms with Crippen LogP contribution in [0.1, 0.15) is 44.6 Å². The molecule has 6 nitrogen and oxygen atoms in total. The molecule has 27 heavy (non-hydrogen) atoms. The molecule has 0 spiro atoms. The zero-order valence-electron chi connectivity index (χ0n) is 15.6. The van der Waals surface area contributed by atoms with Crippen LogP contribution in [0.5, 0.6) is 0 Å². The summed E-state index contributed by atoms with van der Waals surface area (Å²) < 4.78 is 5.65. The lowest BCUT2D eigenvalue weighted by atomic mass is 10.1. The summed E-state index contributed by atoms with van der Waals surface area (Å²) in [4.78, 5) is 30.4. The number of aryl methyl sites for hydroxylation is 1. The number of benzene rings is 1. The van der Waals surface area contributed by atoms with Crippen LogP contribution in [0.15, 0.2) is 46.2 Å². The summed E-state index contributed by atoms with van der Waals surface area (Å²) in [6.07, 6.45) is 0. The predicted molar refractivity (Wildman–Crippen MR) is 105 cm³/mol. The highest BCUT2D eigenvalue weighted by Crippen LogP contribution is 2.24. The molecule has 0 aliphatic rings. The van der Waals surface area contributed by atoms with Crippen LogP contribution in [0, 0.1) is 6.92 Å². The van der Waals surface area contributed by atoms with E-state index in [-0.39, 0.29) is 23.6 Å². The molecule has 0 bridgehead atoms. The minimum Gasteiger partial charge on any atom is -0.451 e. The summed E-state index contributed by atoms with van der Waals surface area (Å²) in [6.45, 7) is 3.84. The second kappa shape index (κ2) is 7.75. The first-order chi connectivity index (χ1) is 12.8. The normalized spacial score (nSPS) is 11.9. The maximum absolute atomic E-state index is 12.6. The molecule has 0 saturated heterocycles. The largest absolute Gasteiger partial charge is 0.451 e. The molecule has 1 N–H and O–H groups in total. The fraction of sp³-hybridized carbons (Fsp3) is 0.250. The number of amides is 2. The molecule has 140 valence electrons. The number of nitrogens with zero attached hydrogens (tertiary/aromatic N) is 2. The van der Waals surface area contributed by atoms with Crippen molar-refractivity contribution in [3.05, 3.63) is 63.8 Å². The van der Waals surface area contributed by atoms with Crippen molar-refractivity contribution in [2.24, 2.45) is 0 Å². The van der Waals surface area contributed by atoms with E-state index in [9.17, 15) is 9.59 Å². The van der Waals surface area contributed by atoms with E-state index in [0.717, 1.165) is 16.3 Å². The fourth-order valence-electron chi connectivity index (χ4n) is 2.58. The number of rotatable bonds is 5. The third-order valence-corrected chi connectivity index (χ3v) is 4.85. The van der Waals surface area contributed by atoms with Gasteiger partial charge in [0.05, 0.1) is 16.7 Å². The molecule has 2 aromatic heterocycles. The first kappa shape index (κ1) is 18.8. The van der Waals surface area contributed by atoms with Crippen LogP contribution in [0.4, 0.5) is 0 Å². The van der Waals surface area contributed by atoms with Crippen molar-refractivity contribution in [2.45, 2.75) is 19.9 Å². The molecule has 0 fully saturated rings. The Labute approximate surface area is 161 Å². The molecule has 1 unspecified atom stereocenters. The Morgan fingerprint density at radius 2 is 2.00 bits per heavy atom. The van der Waals surface area contributed by atoms with E-state index >= 15 is 0 Å². The minimum atomic E-state index is -0.206. The maximum atomic E-state index is 12.6. The molecule has 3 aromatic rings. The van der Waals surface area contributed by atoms with Crippen LogP contribution >= 0.6 is 11.3 Å². The van der Waals surface area contributed by atoms with E-state index < -0.39 is 0 Å². The van der Waals surface area contributed by atoms with Crippen LogP contribution in [0.25, 0.3) is 11.3 Å². The lowest BCUT2D eigenvalue weighted by Crippen LogP contribution is -2.26. The van der Waals surface area contributed by atoms with Crippen molar-refractivity contribution < 1.29 is 14.0 Å². The summed E-state index contributed by atoms with van der Waals surface area (Å²) in [6, 6.07) is 10.3. The van der Waals surface area contributed by atoms with Gasteiger partial charge in [-0.3, -0.25) is 9.59 Å². The molecular weight excluding hydrogens is 362 g/mol. The summed E-state index contributed by atoms with van der Waals surface area (Å²) >= 11 is 1.56. The molecule has 1 aromatic carbocycles. The van der Waals surface area contributed by atoms with Crippen LogP contribution < -0.4 is 5.32 Å². The maximum Gasteiger partial charge on any atom is 0.289 e. The second-order valence-electron chi connectivity index (χ2n) is 6.43. The molecule has 0 aliphatic carbocycles. The zero-order valence-corrected chi connectivity index (χ0v) is 16.5. The van der Waals surface area contributed by atoms with E-state index in [1.165, 1.54) is 4.90 Å². The topological polar surface area (TPSA) is 75.4 Å². The number of carbonyl (C=O) groups excluding carboxylic acids is 2. The van der Waals surface area contributed by atoms with Crippen LogP contribution in [-0.2, 0) is 0 Å². The lowest BCUT2D eigenvalue weighted by Gasteiger charge is -2.12. The number of hydrogen-bond acceptors (Lipinski definition) is 5. The molecular formula is C20H21N3O3S. The molecule has 0 radical (unpaired) electrons. The Balaban J connectivity index is 1.77. The van der Waals surface area contributed by atoms with Gasteiger partial charge in [0.25, 0.3) is 11.8 Å². The number of aromatic nitrogens is 1. The van der Waals surface area contributed by atoms with Crippen molar-refractivity contribution in [1.82, 2.24) is 15.2 Å². The number of thiazole rings is 1. The van der Waals surface area contributed by atoms with Gasteiger partial charge in [0.15, 0.2) is 5.76 Å². The third kappa shape index (κ3) is 4.25. The van der Waals surface area contributed by atoms with Crippen molar-refractivity contribution in [3.63, 3.8) is 0 Å². The summed E-state index contributed by atoms with van der Waals surface area (Å²) in [5.41, 5.74) is 2.10. The van der Waals surface area contributed by atoms with E-state index in [1.807, 2.05) is 25.3 Å². The van der Waals surface area contributed by atoms with Crippen LogP contribution in [-0.4, -0.2) is 35.8 Å². The van der Waals surface area contributed by atoms with Gasteiger partial charge in [0.2, 0.25) is 0 Å². The Bertz CT molecular complexity index is 974. The average Bonchev–Trinajstić information content (AvgIpc) is 3.30. The van der Waals surface area contributed by atoms with Crippen molar-refractivity contribution in [3.8, 4) is 11.3 Å². The van der Waals surface area contributed by atoms with Gasteiger partial charge in [0.1, 0.15) is 5.76 Å². The van der Waals surface area contributed by atoms with Gasteiger partial charge in [-0.2, -0.15) is 0 Å². The van der Waals surface area contributed by atoms with Gasteiger partial charge in [-0.25, -0.2) is 4.98 Å².